The van der Waals surface area contributed by atoms with Crippen LogP contribution >= 0.6 is 0 Å². The smallest absolute Gasteiger partial charge is 0.231 e. The van der Waals surface area contributed by atoms with Crippen molar-refractivity contribution in [3.63, 3.8) is 0 Å². The third-order valence-corrected chi connectivity index (χ3v) is 6.62. The van der Waals surface area contributed by atoms with Crippen molar-refractivity contribution in [3.8, 4) is 23.0 Å². The van der Waals surface area contributed by atoms with Crippen LogP contribution in [0.15, 0.2) is 30.6 Å². The highest BCUT2D eigenvalue weighted by atomic mass is 16.7. The fourth-order valence-electron chi connectivity index (χ4n) is 4.49. The van der Waals surface area contributed by atoms with Crippen molar-refractivity contribution in [2.45, 2.75) is 38.6 Å². The highest BCUT2D eigenvalue weighted by Gasteiger charge is 2.25. The number of fused-ring (bicyclic) bond motifs is 4. The molecule has 0 spiro atoms. The molecule has 2 aliphatic heterocycles. The molecule has 3 aromatic rings. The topological polar surface area (TPSA) is 78.0 Å². The Morgan fingerprint density at radius 2 is 2.00 bits per heavy atom. The van der Waals surface area contributed by atoms with E-state index in [9.17, 15) is 0 Å². The van der Waals surface area contributed by atoms with Crippen molar-refractivity contribution in [2.24, 2.45) is 5.92 Å². The largest absolute Gasteiger partial charge is 0.490 e. The number of aromatic nitrogens is 2. The lowest BCUT2D eigenvalue weighted by Gasteiger charge is -2.20. The van der Waals surface area contributed by atoms with Crippen LogP contribution in [-0.4, -0.2) is 48.5 Å². The van der Waals surface area contributed by atoms with Crippen molar-refractivity contribution >= 4 is 22.4 Å². The van der Waals surface area contributed by atoms with Crippen molar-refractivity contribution in [1.82, 2.24) is 14.9 Å². The molecule has 34 heavy (non-hydrogen) atoms. The Bertz CT molecular complexity index is 1200. The maximum atomic E-state index is 6.23. The maximum absolute atomic E-state index is 6.23. The Labute approximate surface area is 199 Å². The van der Waals surface area contributed by atoms with E-state index >= 15 is 0 Å². The molecule has 1 saturated carbocycles. The van der Waals surface area contributed by atoms with Crippen molar-refractivity contribution in [3.05, 3.63) is 36.2 Å². The van der Waals surface area contributed by atoms with E-state index in [1.807, 2.05) is 18.2 Å². The predicted octanol–water partition coefficient (Wildman–Crippen LogP) is 4.89. The van der Waals surface area contributed by atoms with Gasteiger partial charge in [0.15, 0.2) is 23.0 Å². The van der Waals surface area contributed by atoms with Gasteiger partial charge in [0.2, 0.25) is 6.79 Å². The molecule has 2 aromatic carbocycles. The first-order valence-corrected chi connectivity index (χ1v) is 12.2. The zero-order valence-corrected chi connectivity index (χ0v) is 19.5. The first-order chi connectivity index (χ1) is 16.7. The van der Waals surface area contributed by atoms with Gasteiger partial charge in [0.1, 0.15) is 12.1 Å². The highest BCUT2D eigenvalue weighted by Crippen LogP contribution is 2.44. The Hall–Kier alpha value is -3.26. The summed E-state index contributed by atoms with van der Waals surface area (Å²) in [6, 6.07) is 8.07. The van der Waals surface area contributed by atoms with Gasteiger partial charge in [-0.3, -0.25) is 0 Å². The third-order valence-electron chi connectivity index (χ3n) is 6.62. The lowest BCUT2D eigenvalue weighted by atomic mass is 10.1. The molecule has 2 bridgehead atoms. The molecule has 8 nitrogen and oxygen atoms in total. The molecule has 6 rings (SSSR count). The Morgan fingerprint density at radius 1 is 1.06 bits per heavy atom. The summed E-state index contributed by atoms with van der Waals surface area (Å²) in [5, 5.41) is 4.43. The molecule has 3 heterocycles. The van der Waals surface area contributed by atoms with E-state index in [0.29, 0.717) is 18.3 Å². The predicted molar refractivity (Wildman–Crippen MR) is 129 cm³/mol. The average Bonchev–Trinajstić information content (AvgIpc) is 3.55. The van der Waals surface area contributed by atoms with Crippen LogP contribution in [0.25, 0.3) is 10.9 Å². The van der Waals surface area contributed by atoms with E-state index in [2.05, 4.69) is 33.3 Å². The molecule has 0 unspecified atom stereocenters. The van der Waals surface area contributed by atoms with E-state index in [4.69, 9.17) is 18.9 Å². The van der Waals surface area contributed by atoms with Crippen molar-refractivity contribution < 1.29 is 18.9 Å². The van der Waals surface area contributed by atoms with Crippen LogP contribution in [0.4, 0.5) is 11.5 Å². The van der Waals surface area contributed by atoms with Gasteiger partial charge in [-0.15, -0.1) is 0 Å². The number of benzene rings is 2. The minimum absolute atomic E-state index is 0.216. The number of nitrogens with one attached hydrogen (secondary N) is 1. The van der Waals surface area contributed by atoms with Crippen LogP contribution in [0.1, 0.15) is 37.7 Å². The van der Waals surface area contributed by atoms with Gasteiger partial charge in [-0.1, -0.05) is 6.07 Å². The van der Waals surface area contributed by atoms with E-state index in [0.717, 1.165) is 84.1 Å². The van der Waals surface area contributed by atoms with Crippen LogP contribution < -0.4 is 24.3 Å². The first-order valence-electron chi connectivity index (χ1n) is 12.2. The normalized spacial score (nSPS) is 18.5. The van der Waals surface area contributed by atoms with Crippen LogP contribution in [-0.2, 0) is 6.54 Å². The minimum Gasteiger partial charge on any atom is -0.490 e. The van der Waals surface area contributed by atoms with Gasteiger partial charge in [-0.2, -0.15) is 0 Å². The molecule has 8 heteroatoms. The highest BCUT2D eigenvalue weighted by molar-refractivity contribution is 5.94. The molecular weight excluding hydrogens is 432 g/mol. The molecule has 1 aromatic heterocycles. The fraction of sp³-hybridized carbons (Fsp3) is 0.462. The van der Waals surface area contributed by atoms with Crippen molar-refractivity contribution in [2.75, 3.05) is 38.9 Å². The summed E-state index contributed by atoms with van der Waals surface area (Å²) in [6.45, 7) is 3.40. The summed E-state index contributed by atoms with van der Waals surface area (Å²) in [5.74, 6) is 4.33. The van der Waals surface area contributed by atoms with Gasteiger partial charge in [0.05, 0.1) is 24.4 Å². The zero-order valence-electron chi connectivity index (χ0n) is 19.5. The molecular formula is C26H30N4O4. The minimum atomic E-state index is 0.216. The number of anilines is 2. The van der Waals surface area contributed by atoms with E-state index in [1.54, 1.807) is 6.33 Å². The van der Waals surface area contributed by atoms with Gasteiger partial charge in [0.25, 0.3) is 0 Å². The molecule has 1 aliphatic carbocycles. The van der Waals surface area contributed by atoms with E-state index in [1.165, 1.54) is 12.8 Å². The SMILES string of the molecule is CN1CCCCCOc2cc3c(ncnc3cc2OCC2CC2)Nc2c(ccc3c2OCO3)C1. The maximum Gasteiger partial charge on any atom is 0.231 e. The average molecular weight is 463 g/mol. The summed E-state index contributed by atoms with van der Waals surface area (Å²) in [7, 11) is 2.15. The molecule has 178 valence electrons. The monoisotopic (exact) mass is 462 g/mol. The Morgan fingerprint density at radius 3 is 2.91 bits per heavy atom. The van der Waals surface area contributed by atoms with Crippen LogP contribution in [0.2, 0.25) is 0 Å². The van der Waals surface area contributed by atoms with E-state index < -0.39 is 0 Å². The van der Waals surface area contributed by atoms with Gasteiger partial charge in [-0.05, 0) is 69.3 Å². The number of rotatable bonds is 3. The van der Waals surface area contributed by atoms with Gasteiger partial charge < -0.3 is 29.2 Å². The summed E-state index contributed by atoms with van der Waals surface area (Å²) in [5.41, 5.74) is 2.82. The Balaban J connectivity index is 1.43. The molecule has 0 radical (unpaired) electrons. The molecule has 1 N–H and O–H groups in total. The lowest BCUT2D eigenvalue weighted by Crippen LogP contribution is -2.20. The molecule has 1 fully saturated rings. The fourth-order valence-corrected chi connectivity index (χ4v) is 4.49. The summed E-state index contributed by atoms with van der Waals surface area (Å²) >= 11 is 0. The summed E-state index contributed by atoms with van der Waals surface area (Å²) in [6.07, 6.45) is 7.28. The number of ether oxygens (including phenoxy) is 4. The van der Waals surface area contributed by atoms with Gasteiger partial charge in [0, 0.05) is 18.0 Å². The quantitative estimate of drug-likeness (QED) is 0.590. The standard InChI is InChI=1S/C26H30N4O4/c1-30-9-3-2-4-10-31-22-11-19-20(12-23(22)32-14-17-5-6-17)27-15-28-26(19)29-24-18(13-30)7-8-21-25(24)34-16-33-21/h7-8,11-12,15,17H,2-6,9-10,13-14,16H2,1H3,(H,27,28,29). The molecule has 0 atom stereocenters. The second kappa shape index (κ2) is 9.18. The van der Waals surface area contributed by atoms with Crippen LogP contribution in [0.5, 0.6) is 23.0 Å². The number of hydrogen-bond donors (Lipinski definition) is 1. The number of nitrogens with zero attached hydrogens (tertiary/aromatic N) is 3. The Kier molecular flexibility index (Phi) is 5.74. The van der Waals surface area contributed by atoms with Crippen LogP contribution in [0.3, 0.4) is 0 Å². The van der Waals surface area contributed by atoms with Gasteiger partial charge >= 0.3 is 0 Å². The van der Waals surface area contributed by atoms with Crippen molar-refractivity contribution in [1.29, 1.82) is 0 Å². The summed E-state index contributed by atoms with van der Waals surface area (Å²) in [4.78, 5) is 11.5. The van der Waals surface area contributed by atoms with E-state index in [-0.39, 0.29) is 6.79 Å². The third kappa shape index (κ3) is 4.42. The molecule has 0 amide bonds. The second-order valence-corrected chi connectivity index (χ2v) is 9.40. The lowest BCUT2D eigenvalue weighted by molar-refractivity contribution is 0.174. The first kappa shape index (κ1) is 21.3. The number of hydrogen-bond acceptors (Lipinski definition) is 8. The summed E-state index contributed by atoms with van der Waals surface area (Å²) < 4.78 is 23.9. The van der Waals surface area contributed by atoms with Crippen LogP contribution in [0, 0.1) is 5.92 Å². The molecule has 3 aliphatic rings. The van der Waals surface area contributed by atoms with Gasteiger partial charge in [-0.25, -0.2) is 9.97 Å². The second-order valence-electron chi connectivity index (χ2n) is 9.40. The zero-order chi connectivity index (χ0) is 22.9. The molecule has 0 saturated heterocycles.